The Hall–Kier alpha value is -1.91. The summed E-state index contributed by atoms with van der Waals surface area (Å²) in [5.41, 5.74) is 1.08. The molecule has 1 aromatic carbocycles. The number of hydrogen-bond donors (Lipinski definition) is 0. The van der Waals surface area contributed by atoms with Gasteiger partial charge in [0.2, 0.25) is 0 Å². The fraction of sp³-hybridized carbons (Fsp3) is 0.450. The van der Waals surface area contributed by atoms with Crippen LogP contribution in [0, 0.1) is 0 Å². The van der Waals surface area contributed by atoms with Crippen molar-refractivity contribution >= 4 is 5.91 Å². The molecule has 0 aliphatic carbocycles. The topological polar surface area (TPSA) is 38.8 Å². The Morgan fingerprint density at radius 3 is 2.67 bits per heavy atom. The number of carbonyl (C=O) groups is 1. The molecule has 4 nitrogen and oxygen atoms in total. The molecule has 0 N–H and O–H groups in total. The molecule has 2 aliphatic heterocycles. The molecule has 3 rings (SSSR count). The number of carbonyl (C=O) groups excluding carboxylic acids is 1. The quantitative estimate of drug-likeness (QED) is 0.837. The van der Waals surface area contributed by atoms with Crippen LogP contribution in [0.15, 0.2) is 54.6 Å². The van der Waals surface area contributed by atoms with Crippen molar-refractivity contribution in [3.8, 4) is 0 Å². The van der Waals surface area contributed by atoms with Gasteiger partial charge in [0.25, 0.3) is 5.91 Å². The predicted molar refractivity (Wildman–Crippen MR) is 93.5 cm³/mol. The van der Waals surface area contributed by atoms with E-state index in [4.69, 9.17) is 9.47 Å². The van der Waals surface area contributed by atoms with E-state index in [2.05, 4.69) is 6.58 Å². The van der Waals surface area contributed by atoms with E-state index in [-0.39, 0.29) is 24.2 Å². The molecule has 1 aromatic rings. The van der Waals surface area contributed by atoms with Gasteiger partial charge in [-0.1, -0.05) is 49.1 Å². The van der Waals surface area contributed by atoms with E-state index >= 15 is 0 Å². The van der Waals surface area contributed by atoms with Crippen molar-refractivity contribution in [2.75, 3.05) is 13.7 Å². The molecule has 0 unspecified atom stereocenters. The second-order valence-corrected chi connectivity index (χ2v) is 6.64. The third-order valence-electron chi connectivity index (χ3n) is 5.28. The number of rotatable bonds is 2. The summed E-state index contributed by atoms with van der Waals surface area (Å²) >= 11 is 0. The zero-order chi connectivity index (χ0) is 17.3. The third-order valence-corrected chi connectivity index (χ3v) is 5.28. The van der Waals surface area contributed by atoms with E-state index in [0.29, 0.717) is 13.0 Å². The van der Waals surface area contributed by atoms with Crippen LogP contribution in [0.5, 0.6) is 0 Å². The summed E-state index contributed by atoms with van der Waals surface area (Å²) in [7, 11) is 1.85. The number of ether oxygens (including phenoxy) is 2. The molecule has 4 atom stereocenters. The van der Waals surface area contributed by atoms with Gasteiger partial charge in [0.15, 0.2) is 5.60 Å². The molecule has 24 heavy (non-hydrogen) atoms. The highest BCUT2D eigenvalue weighted by Crippen LogP contribution is 2.41. The third kappa shape index (κ3) is 2.70. The van der Waals surface area contributed by atoms with Gasteiger partial charge in [-0.05, 0) is 25.0 Å². The van der Waals surface area contributed by atoms with Crippen LogP contribution in [-0.4, -0.2) is 42.2 Å². The van der Waals surface area contributed by atoms with Crippen LogP contribution in [0.4, 0.5) is 0 Å². The Balaban J connectivity index is 2.01. The van der Waals surface area contributed by atoms with E-state index in [1.54, 1.807) is 11.0 Å². The average molecular weight is 327 g/mol. The summed E-state index contributed by atoms with van der Waals surface area (Å²) in [6.45, 7) is 8.21. The Kier molecular flexibility index (Phi) is 4.61. The minimum atomic E-state index is -0.994. The smallest absolute Gasteiger partial charge is 0.257 e. The lowest BCUT2D eigenvalue weighted by Gasteiger charge is -2.49. The molecule has 1 amide bonds. The first kappa shape index (κ1) is 16.9. The maximum absolute atomic E-state index is 13.1. The largest absolute Gasteiger partial charge is 0.370 e. The van der Waals surface area contributed by atoms with E-state index < -0.39 is 5.60 Å². The fourth-order valence-corrected chi connectivity index (χ4v) is 3.46. The lowest BCUT2D eigenvalue weighted by Crippen LogP contribution is -2.64. The van der Waals surface area contributed by atoms with Crippen molar-refractivity contribution < 1.29 is 14.3 Å². The Bertz CT molecular complexity index is 654. The van der Waals surface area contributed by atoms with Gasteiger partial charge in [0.05, 0.1) is 18.8 Å². The molecular weight excluding hydrogens is 302 g/mol. The number of morpholine rings is 1. The normalized spacial score (nSPS) is 34.0. The molecule has 2 heterocycles. The van der Waals surface area contributed by atoms with Crippen molar-refractivity contribution in [2.45, 2.75) is 44.1 Å². The van der Waals surface area contributed by atoms with E-state index in [9.17, 15) is 4.79 Å². The number of amides is 1. The maximum atomic E-state index is 13.1. The van der Waals surface area contributed by atoms with Gasteiger partial charge >= 0.3 is 0 Å². The molecule has 4 heteroatoms. The molecule has 2 aliphatic rings. The van der Waals surface area contributed by atoms with Crippen LogP contribution in [0.2, 0.25) is 0 Å². The highest BCUT2D eigenvalue weighted by molar-refractivity contribution is 5.87. The summed E-state index contributed by atoms with van der Waals surface area (Å²) in [5, 5.41) is 0. The summed E-state index contributed by atoms with van der Waals surface area (Å²) in [6, 6.07) is 10.0. The number of likely N-dealkylation sites (N-methyl/N-ethyl adjacent to an activating group) is 1. The van der Waals surface area contributed by atoms with Gasteiger partial charge < -0.3 is 14.4 Å². The van der Waals surface area contributed by atoms with Gasteiger partial charge in [0.1, 0.15) is 6.10 Å². The Morgan fingerprint density at radius 2 is 2.00 bits per heavy atom. The molecule has 0 saturated carbocycles. The highest BCUT2D eigenvalue weighted by Gasteiger charge is 2.54. The van der Waals surface area contributed by atoms with E-state index in [0.717, 1.165) is 11.1 Å². The highest BCUT2D eigenvalue weighted by atomic mass is 16.6. The fourth-order valence-electron chi connectivity index (χ4n) is 3.46. The Labute approximate surface area is 143 Å². The number of benzene rings is 1. The van der Waals surface area contributed by atoms with Crippen molar-refractivity contribution in [1.29, 1.82) is 0 Å². The summed E-state index contributed by atoms with van der Waals surface area (Å²) in [5.74, 6) is -0.0174. The van der Waals surface area contributed by atoms with Crippen LogP contribution in [0.3, 0.4) is 0 Å². The van der Waals surface area contributed by atoms with Crippen LogP contribution in [-0.2, 0) is 14.3 Å². The number of nitrogens with zero attached hydrogens (tertiary/aromatic N) is 1. The minimum Gasteiger partial charge on any atom is -0.370 e. The molecule has 128 valence electrons. The lowest BCUT2D eigenvalue weighted by atomic mass is 9.86. The molecule has 1 spiro atoms. The lowest BCUT2D eigenvalue weighted by molar-refractivity contribution is -0.219. The van der Waals surface area contributed by atoms with E-state index in [1.165, 1.54) is 0 Å². The zero-order valence-corrected chi connectivity index (χ0v) is 14.6. The Morgan fingerprint density at radius 1 is 1.29 bits per heavy atom. The predicted octanol–water partition coefficient (Wildman–Crippen LogP) is 3.26. The summed E-state index contributed by atoms with van der Waals surface area (Å²) in [6.07, 6.45) is 3.77. The molecule has 0 bridgehead atoms. The van der Waals surface area contributed by atoms with Gasteiger partial charge in [-0.15, -0.1) is 0 Å². The van der Waals surface area contributed by atoms with Crippen LogP contribution in [0.25, 0.3) is 0 Å². The van der Waals surface area contributed by atoms with Crippen LogP contribution in [0.1, 0.15) is 31.9 Å². The van der Waals surface area contributed by atoms with Crippen LogP contribution >= 0.6 is 0 Å². The molecule has 0 radical (unpaired) electrons. The number of hydrogen-bond acceptors (Lipinski definition) is 3. The average Bonchev–Trinajstić information content (AvgIpc) is 2.77. The van der Waals surface area contributed by atoms with E-state index in [1.807, 2.05) is 57.3 Å². The zero-order valence-electron chi connectivity index (χ0n) is 14.6. The SMILES string of the molecule is C=CC1=CC[C@]2(O[C@H](c3ccccc3)[C@H](C)N(C)C2=O)[C@@H](C)OC1. The second kappa shape index (κ2) is 6.54. The summed E-state index contributed by atoms with van der Waals surface area (Å²) < 4.78 is 12.4. The van der Waals surface area contributed by atoms with Gasteiger partial charge in [0, 0.05) is 13.5 Å². The maximum Gasteiger partial charge on any atom is 0.257 e. The second-order valence-electron chi connectivity index (χ2n) is 6.64. The van der Waals surface area contributed by atoms with Crippen molar-refractivity contribution in [2.24, 2.45) is 0 Å². The van der Waals surface area contributed by atoms with Crippen LogP contribution < -0.4 is 0 Å². The monoisotopic (exact) mass is 327 g/mol. The molecule has 1 saturated heterocycles. The first-order valence-electron chi connectivity index (χ1n) is 8.42. The van der Waals surface area contributed by atoms with Crippen molar-refractivity contribution in [3.63, 3.8) is 0 Å². The minimum absolute atomic E-state index is 0.0174. The van der Waals surface area contributed by atoms with Gasteiger partial charge in [-0.2, -0.15) is 0 Å². The molecule has 0 aromatic heterocycles. The standard InChI is InChI=1S/C20H25NO3/c1-5-16-11-12-20(15(3)23-13-16)19(22)21(4)14(2)18(24-20)17-9-7-6-8-10-17/h5-11,14-15,18H,1,12-13H2,2-4H3/t14-,15+,18-,20-/m0/s1. The first-order valence-corrected chi connectivity index (χ1v) is 8.42. The molecule has 1 fully saturated rings. The molecular formula is C20H25NO3. The van der Waals surface area contributed by atoms with Crippen molar-refractivity contribution in [1.82, 2.24) is 4.90 Å². The van der Waals surface area contributed by atoms with Crippen molar-refractivity contribution in [3.05, 3.63) is 60.2 Å². The first-order chi connectivity index (χ1) is 11.5. The van der Waals surface area contributed by atoms with Gasteiger partial charge in [-0.3, -0.25) is 4.79 Å². The van der Waals surface area contributed by atoms with Gasteiger partial charge in [-0.25, -0.2) is 0 Å². The summed E-state index contributed by atoms with van der Waals surface area (Å²) in [4.78, 5) is 14.9.